The lowest BCUT2D eigenvalue weighted by molar-refractivity contribution is -0.131. The number of halogens is 1. The molecule has 4 nitrogen and oxygen atoms in total. The van der Waals surface area contributed by atoms with Crippen molar-refractivity contribution in [3.05, 3.63) is 83.4 Å². The van der Waals surface area contributed by atoms with Crippen molar-refractivity contribution in [2.24, 2.45) is 0 Å². The molecule has 2 aromatic carbocycles. The van der Waals surface area contributed by atoms with Crippen LogP contribution in [0.3, 0.4) is 0 Å². The molecule has 0 radical (unpaired) electrons. The summed E-state index contributed by atoms with van der Waals surface area (Å²) in [6, 6.07) is 18.1. The van der Waals surface area contributed by atoms with Crippen LogP contribution in [0.5, 0.6) is 5.75 Å². The standard InChI is InChI=1S/C25H25FN2O2/c1-17-13-20(19-8-10-21(26)11-9-19)16-23(27-17)24-7-4-12-28(24)25(29)15-18-5-3-6-22(14-18)30-2/h3,5-6,8-11,13-14,16,24H,4,7,12,15H2,1-2H3/t24-/m0/s1. The topological polar surface area (TPSA) is 42.4 Å². The van der Waals surface area contributed by atoms with Crippen molar-refractivity contribution < 1.29 is 13.9 Å². The summed E-state index contributed by atoms with van der Waals surface area (Å²) < 4.78 is 18.6. The highest BCUT2D eigenvalue weighted by atomic mass is 19.1. The fourth-order valence-electron chi connectivity index (χ4n) is 4.11. The molecule has 1 amide bonds. The number of methoxy groups -OCH3 is 1. The molecule has 1 fully saturated rings. The Kier molecular flexibility index (Phi) is 5.79. The Labute approximate surface area is 176 Å². The zero-order chi connectivity index (χ0) is 21.1. The molecular formula is C25H25FN2O2. The van der Waals surface area contributed by atoms with Crippen LogP contribution in [-0.4, -0.2) is 29.4 Å². The van der Waals surface area contributed by atoms with Gasteiger partial charge in [0.2, 0.25) is 5.91 Å². The average molecular weight is 404 g/mol. The molecule has 4 rings (SSSR count). The normalized spacial score (nSPS) is 16.0. The van der Waals surface area contributed by atoms with Crippen LogP contribution in [0.1, 0.15) is 35.8 Å². The second-order valence-electron chi connectivity index (χ2n) is 7.70. The lowest BCUT2D eigenvalue weighted by atomic mass is 10.0. The number of hydrogen-bond donors (Lipinski definition) is 0. The van der Waals surface area contributed by atoms with Gasteiger partial charge in [0.1, 0.15) is 11.6 Å². The number of nitrogens with zero attached hydrogens (tertiary/aromatic N) is 2. The van der Waals surface area contributed by atoms with Crippen LogP contribution in [0.15, 0.2) is 60.7 Å². The molecule has 3 aromatic rings. The number of carbonyl (C=O) groups is 1. The number of pyridine rings is 1. The molecule has 154 valence electrons. The Morgan fingerprint density at radius 3 is 2.70 bits per heavy atom. The average Bonchev–Trinajstić information content (AvgIpc) is 3.24. The van der Waals surface area contributed by atoms with Gasteiger partial charge in [0.25, 0.3) is 0 Å². The monoisotopic (exact) mass is 404 g/mol. The van der Waals surface area contributed by atoms with Gasteiger partial charge in [-0.1, -0.05) is 24.3 Å². The molecule has 0 unspecified atom stereocenters. The highest BCUT2D eigenvalue weighted by molar-refractivity contribution is 5.79. The second kappa shape index (κ2) is 8.66. The number of carbonyl (C=O) groups excluding carboxylic acids is 1. The molecule has 0 bridgehead atoms. The lowest BCUT2D eigenvalue weighted by Gasteiger charge is -2.25. The summed E-state index contributed by atoms with van der Waals surface area (Å²) in [4.78, 5) is 19.8. The van der Waals surface area contributed by atoms with Crippen molar-refractivity contribution in [1.82, 2.24) is 9.88 Å². The smallest absolute Gasteiger partial charge is 0.227 e. The molecular weight excluding hydrogens is 379 g/mol. The van der Waals surface area contributed by atoms with Gasteiger partial charge in [0.15, 0.2) is 0 Å². The summed E-state index contributed by atoms with van der Waals surface area (Å²) in [6.07, 6.45) is 2.18. The van der Waals surface area contributed by atoms with Gasteiger partial charge < -0.3 is 9.64 Å². The van der Waals surface area contributed by atoms with Crippen LogP contribution >= 0.6 is 0 Å². The molecule has 0 aliphatic carbocycles. The highest BCUT2D eigenvalue weighted by Gasteiger charge is 2.31. The van der Waals surface area contributed by atoms with Crippen molar-refractivity contribution in [3.8, 4) is 16.9 Å². The van der Waals surface area contributed by atoms with E-state index in [0.29, 0.717) is 6.42 Å². The summed E-state index contributed by atoms with van der Waals surface area (Å²) in [5.74, 6) is 0.592. The minimum atomic E-state index is -0.255. The zero-order valence-electron chi connectivity index (χ0n) is 17.3. The van der Waals surface area contributed by atoms with Crippen molar-refractivity contribution in [2.75, 3.05) is 13.7 Å². The predicted octanol–water partition coefficient (Wildman–Crippen LogP) is 5.11. The van der Waals surface area contributed by atoms with Gasteiger partial charge in [0, 0.05) is 12.2 Å². The number of likely N-dealkylation sites (tertiary alicyclic amines) is 1. The van der Waals surface area contributed by atoms with E-state index < -0.39 is 0 Å². The van der Waals surface area contributed by atoms with Crippen LogP contribution < -0.4 is 4.74 Å². The number of aryl methyl sites for hydroxylation is 1. The van der Waals surface area contributed by atoms with E-state index in [1.54, 1.807) is 19.2 Å². The molecule has 0 spiro atoms. The van der Waals surface area contributed by atoms with Gasteiger partial charge in [-0.3, -0.25) is 9.78 Å². The molecule has 5 heteroatoms. The molecule has 1 aliphatic heterocycles. The van der Waals surface area contributed by atoms with Crippen molar-refractivity contribution in [3.63, 3.8) is 0 Å². The molecule has 30 heavy (non-hydrogen) atoms. The van der Waals surface area contributed by atoms with Gasteiger partial charge in [-0.25, -0.2) is 4.39 Å². The summed E-state index contributed by atoms with van der Waals surface area (Å²) in [7, 11) is 1.62. The van der Waals surface area contributed by atoms with E-state index in [1.807, 2.05) is 48.2 Å². The van der Waals surface area contributed by atoms with E-state index in [4.69, 9.17) is 9.72 Å². The first-order valence-electron chi connectivity index (χ1n) is 10.2. The Balaban J connectivity index is 1.58. The maximum atomic E-state index is 13.3. The van der Waals surface area contributed by atoms with Crippen LogP contribution in [-0.2, 0) is 11.2 Å². The van der Waals surface area contributed by atoms with Crippen LogP contribution in [0.2, 0.25) is 0 Å². The zero-order valence-corrected chi connectivity index (χ0v) is 17.3. The Morgan fingerprint density at radius 1 is 1.13 bits per heavy atom. The third-order valence-electron chi connectivity index (χ3n) is 5.55. The lowest BCUT2D eigenvalue weighted by Crippen LogP contribution is -2.32. The first-order valence-corrected chi connectivity index (χ1v) is 10.2. The first-order chi connectivity index (χ1) is 14.5. The number of benzene rings is 2. The molecule has 0 saturated carbocycles. The summed E-state index contributed by atoms with van der Waals surface area (Å²) in [5.41, 5.74) is 4.65. The van der Waals surface area contributed by atoms with Crippen molar-refractivity contribution >= 4 is 5.91 Å². The minimum absolute atomic E-state index is 0.0396. The van der Waals surface area contributed by atoms with Gasteiger partial charge in [-0.2, -0.15) is 0 Å². The number of ether oxygens (including phenoxy) is 1. The molecule has 1 aromatic heterocycles. The van der Waals surface area contributed by atoms with Crippen molar-refractivity contribution in [2.45, 2.75) is 32.2 Å². The summed E-state index contributed by atoms with van der Waals surface area (Å²) >= 11 is 0. The number of rotatable bonds is 5. The van der Waals surface area contributed by atoms with E-state index in [2.05, 4.69) is 0 Å². The maximum Gasteiger partial charge on any atom is 0.227 e. The fraction of sp³-hybridized carbons (Fsp3) is 0.280. The minimum Gasteiger partial charge on any atom is -0.497 e. The Hall–Kier alpha value is -3.21. The number of aromatic nitrogens is 1. The number of hydrogen-bond acceptors (Lipinski definition) is 3. The van der Waals surface area contributed by atoms with E-state index in [1.165, 1.54) is 12.1 Å². The molecule has 2 heterocycles. The highest BCUT2D eigenvalue weighted by Crippen LogP contribution is 2.34. The second-order valence-corrected chi connectivity index (χ2v) is 7.70. The fourth-order valence-corrected chi connectivity index (χ4v) is 4.11. The van der Waals surface area contributed by atoms with Gasteiger partial charge in [-0.15, -0.1) is 0 Å². The van der Waals surface area contributed by atoms with E-state index >= 15 is 0 Å². The van der Waals surface area contributed by atoms with Crippen LogP contribution in [0.4, 0.5) is 4.39 Å². The SMILES string of the molecule is COc1cccc(CC(=O)N2CCC[C@H]2c2cc(-c3ccc(F)cc3)cc(C)n2)c1. The van der Waals surface area contributed by atoms with Crippen molar-refractivity contribution in [1.29, 1.82) is 0 Å². The quantitative estimate of drug-likeness (QED) is 0.593. The van der Waals surface area contributed by atoms with Gasteiger partial charge in [-0.05, 0) is 72.9 Å². The van der Waals surface area contributed by atoms with Crippen LogP contribution in [0.25, 0.3) is 11.1 Å². The summed E-state index contributed by atoms with van der Waals surface area (Å²) in [5, 5.41) is 0. The Morgan fingerprint density at radius 2 is 1.93 bits per heavy atom. The first kappa shape index (κ1) is 20.1. The van der Waals surface area contributed by atoms with E-state index in [0.717, 1.165) is 53.2 Å². The Bertz CT molecular complexity index is 1050. The third-order valence-corrected chi connectivity index (χ3v) is 5.55. The molecule has 1 saturated heterocycles. The molecule has 0 N–H and O–H groups in total. The molecule has 1 atom stereocenters. The van der Waals surface area contributed by atoms with Gasteiger partial charge >= 0.3 is 0 Å². The van der Waals surface area contributed by atoms with E-state index in [-0.39, 0.29) is 17.8 Å². The van der Waals surface area contributed by atoms with E-state index in [9.17, 15) is 9.18 Å². The number of amides is 1. The molecule has 1 aliphatic rings. The third kappa shape index (κ3) is 4.35. The predicted molar refractivity (Wildman–Crippen MR) is 115 cm³/mol. The summed E-state index contributed by atoms with van der Waals surface area (Å²) in [6.45, 7) is 2.68. The van der Waals surface area contributed by atoms with Gasteiger partial charge in [0.05, 0.1) is 25.3 Å². The maximum absolute atomic E-state index is 13.3. The van der Waals surface area contributed by atoms with Crippen LogP contribution in [0, 0.1) is 12.7 Å². The largest absolute Gasteiger partial charge is 0.497 e.